The highest BCUT2D eigenvalue weighted by Crippen LogP contribution is 2.25. The van der Waals surface area contributed by atoms with Gasteiger partial charge in [0.1, 0.15) is 0 Å². The average molecular weight is 253 g/mol. The van der Waals surface area contributed by atoms with Crippen LogP contribution in [0.4, 0.5) is 0 Å². The van der Waals surface area contributed by atoms with Crippen molar-refractivity contribution >= 4 is 23.6 Å². The van der Waals surface area contributed by atoms with E-state index in [4.69, 9.17) is 12.2 Å². The summed E-state index contributed by atoms with van der Waals surface area (Å²) >= 11 is 6.94. The molecular formula is C11H15N3S2. The van der Waals surface area contributed by atoms with Crippen LogP contribution >= 0.6 is 23.6 Å². The third-order valence-corrected chi connectivity index (χ3v) is 3.31. The molecule has 86 valence electrons. The summed E-state index contributed by atoms with van der Waals surface area (Å²) in [5.41, 5.74) is 0.189. The van der Waals surface area contributed by atoms with Gasteiger partial charge in [0, 0.05) is 6.54 Å². The van der Waals surface area contributed by atoms with E-state index >= 15 is 0 Å². The molecule has 0 aliphatic carbocycles. The molecule has 0 amide bonds. The van der Waals surface area contributed by atoms with E-state index < -0.39 is 0 Å². The van der Waals surface area contributed by atoms with Gasteiger partial charge in [-0.25, -0.2) is 0 Å². The van der Waals surface area contributed by atoms with Crippen molar-refractivity contribution in [3.8, 4) is 10.7 Å². The lowest BCUT2D eigenvalue weighted by Crippen LogP contribution is -2.16. The smallest absolute Gasteiger partial charge is 0.195 e. The van der Waals surface area contributed by atoms with Gasteiger partial charge in [0.2, 0.25) is 0 Å². The van der Waals surface area contributed by atoms with Crippen LogP contribution in [0.25, 0.3) is 10.7 Å². The van der Waals surface area contributed by atoms with Gasteiger partial charge in [0.05, 0.1) is 4.88 Å². The second-order valence-corrected chi connectivity index (χ2v) is 6.31. The Labute approximate surface area is 104 Å². The number of thiophene rings is 1. The Morgan fingerprint density at radius 3 is 2.81 bits per heavy atom. The molecule has 0 radical (unpaired) electrons. The molecule has 16 heavy (non-hydrogen) atoms. The minimum absolute atomic E-state index is 0.189. The van der Waals surface area contributed by atoms with Gasteiger partial charge in [-0.2, -0.15) is 5.10 Å². The molecule has 0 spiro atoms. The molecule has 0 saturated heterocycles. The van der Waals surface area contributed by atoms with Gasteiger partial charge in [-0.15, -0.1) is 11.3 Å². The van der Waals surface area contributed by atoms with Gasteiger partial charge < -0.3 is 0 Å². The fourth-order valence-corrected chi connectivity index (χ4v) is 2.45. The lowest BCUT2D eigenvalue weighted by molar-refractivity contribution is 0.343. The van der Waals surface area contributed by atoms with Gasteiger partial charge in [-0.1, -0.05) is 26.8 Å². The summed E-state index contributed by atoms with van der Waals surface area (Å²) in [6, 6.07) is 4.09. The lowest BCUT2D eigenvalue weighted by atomic mass is 9.97. The maximum atomic E-state index is 5.26. The van der Waals surface area contributed by atoms with Crippen LogP contribution in [0.15, 0.2) is 17.5 Å². The third-order valence-electron chi connectivity index (χ3n) is 2.13. The number of H-pyrrole nitrogens is 1. The number of aromatic nitrogens is 3. The van der Waals surface area contributed by atoms with E-state index in [1.807, 2.05) is 6.07 Å². The van der Waals surface area contributed by atoms with Crippen LogP contribution in [-0.2, 0) is 6.54 Å². The molecule has 2 rings (SSSR count). The fourth-order valence-electron chi connectivity index (χ4n) is 1.53. The summed E-state index contributed by atoms with van der Waals surface area (Å²) in [7, 11) is 0. The summed E-state index contributed by atoms with van der Waals surface area (Å²) in [6.45, 7) is 7.45. The average Bonchev–Trinajstić information content (AvgIpc) is 2.75. The molecule has 2 aromatic rings. The first-order valence-electron chi connectivity index (χ1n) is 5.16. The quantitative estimate of drug-likeness (QED) is 0.828. The molecular weight excluding hydrogens is 238 g/mol. The van der Waals surface area contributed by atoms with Crippen LogP contribution in [-0.4, -0.2) is 14.8 Å². The van der Waals surface area contributed by atoms with Crippen LogP contribution in [0, 0.1) is 10.2 Å². The Balaban J connectivity index is 2.45. The number of rotatable bonds is 2. The highest BCUT2D eigenvalue weighted by molar-refractivity contribution is 7.71. The molecule has 0 saturated carbocycles. The predicted octanol–water partition coefficient (Wildman–Crippen LogP) is 3.72. The molecule has 2 aromatic heterocycles. The Hall–Kier alpha value is -0.940. The Kier molecular flexibility index (Phi) is 2.99. The highest BCUT2D eigenvalue weighted by Gasteiger charge is 2.16. The molecule has 2 heterocycles. The Bertz CT molecular complexity index is 514. The fraction of sp³-hybridized carbons (Fsp3) is 0.455. The zero-order valence-electron chi connectivity index (χ0n) is 9.65. The van der Waals surface area contributed by atoms with Crippen LogP contribution in [0.2, 0.25) is 0 Å². The Morgan fingerprint density at radius 1 is 1.50 bits per heavy atom. The second-order valence-electron chi connectivity index (χ2n) is 4.98. The predicted molar refractivity (Wildman–Crippen MR) is 70.2 cm³/mol. The summed E-state index contributed by atoms with van der Waals surface area (Å²) in [6.07, 6.45) is 0. The van der Waals surface area contributed by atoms with E-state index in [2.05, 4.69) is 47.0 Å². The molecule has 1 N–H and O–H groups in total. The SMILES string of the molecule is CC(C)(C)Cn1c(-c2cccs2)n[nH]c1=S. The summed E-state index contributed by atoms with van der Waals surface area (Å²) in [4.78, 5) is 1.15. The standard InChI is InChI=1S/C11H15N3S2/c1-11(2,3)7-14-9(12-13-10(14)15)8-5-4-6-16-8/h4-6H,7H2,1-3H3,(H,13,15). The van der Waals surface area contributed by atoms with Crippen molar-refractivity contribution in [3.05, 3.63) is 22.3 Å². The number of hydrogen-bond donors (Lipinski definition) is 1. The molecule has 3 nitrogen and oxygen atoms in total. The molecule has 0 aliphatic rings. The number of nitrogens with zero attached hydrogens (tertiary/aromatic N) is 2. The van der Waals surface area contributed by atoms with Gasteiger partial charge >= 0.3 is 0 Å². The maximum Gasteiger partial charge on any atom is 0.195 e. The van der Waals surface area contributed by atoms with Crippen molar-refractivity contribution in [2.45, 2.75) is 27.3 Å². The van der Waals surface area contributed by atoms with E-state index in [-0.39, 0.29) is 5.41 Å². The molecule has 0 aliphatic heterocycles. The van der Waals surface area contributed by atoms with E-state index in [0.717, 1.165) is 17.2 Å². The van der Waals surface area contributed by atoms with Crippen molar-refractivity contribution in [1.29, 1.82) is 0 Å². The number of aromatic amines is 1. The maximum absolute atomic E-state index is 5.26. The largest absolute Gasteiger partial charge is 0.299 e. The van der Waals surface area contributed by atoms with E-state index in [1.54, 1.807) is 11.3 Å². The van der Waals surface area contributed by atoms with E-state index in [1.165, 1.54) is 0 Å². The van der Waals surface area contributed by atoms with Crippen molar-refractivity contribution in [2.75, 3.05) is 0 Å². The van der Waals surface area contributed by atoms with Crippen molar-refractivity contribution < 1.29 is 0 Å². The molecule has 0 unspecified atom stereocenters. The van der Waals surface area contributed by atoms with Crippen molar-refractivity contribution in [1.82, 2.24) is 14.8 Å². The zero-order chi connectivity index (χ0) is 11.8. The van der Waals surface area contributed by atoms with E-state index in [9.17, 15) is 0 Å². The molecule has 0 fully saturated rings. The van der Waals surface area contributed by atoms with Crippen molar-refractivity contribution in [2.24, 2.45) is 5.41 Å². The summed E-state index contributed by atoms with van der Waals surface area (Å²) in [5, 5.41) is 9.22. The Morgan fingerprint density at radius 2 is 2.25 bits per heavy atom. The minimum atomic E-state index is 0.189. The first-order valence-corrected chi connectivity index (χ1v) is 6.45. The van der Waals surface area contributed by atoms with Gasteiger partial charge in [-0.3, -0.25) is 9.67 Å². The summed E-state index contributed by atoms with van der Waals surface area (Å²) in [5.74, 6) is 0.940. The van der Waals surface area contributed by atoms with Crippen LogP contribution in [0.1, 0.15) is 20.8 Å². The van der Waals surface area contributed by atoms with Gasteiger partial charge in [0.15, 0.2) is 10.6 Å². The minimum Gasteiger partial charge on any atom is -0.299 e. The highest BCUT2D eigenvalue weighted by atomic mass is 32.1. The van der Waals surface area contributed by atoms with Crippen LogP contribution in [0.3, 0.4) is 0 Å². The third kappa shape index (κ3) is 2.41. The van der Waals surface area contributed by atoms with Crippen LogP contribution < -0.4 is 0 Å². The lowest BCUT2D eigenvalue weighted by Gasteiger charge is -2.19. The molecule has 0 aromatic carbocycles. The van der Waals surface area contributed by atoms with Gasteiger partial charge in [-0.05, 0) is 29.1 Å². The van der Waals surface area contributed by atoms with Crippen LogP contribution in [0.5, 0.6) is 0 Å². The normalized spacial score (nSPS) is 11.9. The topological polar surface area (TPSA) is 33.6 Å². The summed E-state index contributed by atoms with van der Waals surface area (Å²) < 4.78 is 2.76. The first kappa shape index (κ1) is 11.5. The van der Waals surface area contributed by atoms with Crippen molar-refractivity contribution in [3.63, 3.8) is 0 Å². The van der Waals surface area contributed by atoms with Gasteiger partial charge in [0.25, 0.3) is 0 Å². The number of hydrogen-bond acceptors (Lipinski definition) is 3. The second kappa shape index (κ2) is 4.14. The molecule has 0 bridgehead atoms. The zero-order valence-corrected chi connectivity index (χ0v) is 11.3. The first-order chi connectivity index (χ1) is 7.47. The van der Waals surface area contributed by atoms with E-state index in [0.29, 0.717) is 4.77 Å². The molecule has 0 atom stereocenters. The monoisotopic (exact) mass is 253 g/mol. The number of nitrogens with one attached hydrogen (secondary N) is 1. The molecule has 5 heteroatoms.